The van der Waals surface area contributed by atoms with Crippen LogP contribution < -0.4 is 16.6 Å². The van der Waals surface area contributed by atoms with E-state index in [9.17, 15) is 24.3 Å². The Morgan fingerprint density at radius 3 is 2.46 bits per heavy atom. The van der Waals surface area contributed by atoms with Crippen molar-refractivity contribution in [1.82, 2.24) is 34.4 Å². The number of fused-ring (bicyclic) bond motifs is 3. The number of aromatic amines is 1. The number of anilines is 1. The predicted octanol–water partition coefficient (Wildman–Crippen LogP) is 0.593. The Hall–Kier alpha value is -4.52. The average Bonchev–Trinajstić information content (AvgIpc) is 2.88. The number of amides is 2. The van der Waals surface area contributed by atoms with Crippen LogP contribution in [0.3, 0.4) is 0 Å². The van der Waals surface area contributed by atoms with Crippen molar-refractivity contribution in [3.63, 3.8) is 0 Å². The van der Waals surface area contributed by atoms with Crippen molar-refractivity contribution in [3.05, 3.63) is 51.6 Å². The number of piperidine rings is 1. The van der Waals surface area contributed by atoms with Crippen molar-refractivity contribution in [2.75, 3.05) is 18.4 Å². The van der Waals surface area contributed by atoms with Crippen molar-refractivity contribution >= 4 is 39.7 Å². The van der Waals surface area contributed by atoms with Crippen molar-refractivity contribution in [2.45, 2.75) is 38.8 Å². The van der Waals surface area contributed by atoms with Gasteiger partial charge < -0.3 is 10.0 Å². The van der Waals surface area contributed by atoms with Crippen LogP contribution in [0.15, 0.2) is 40.3 Å². The number of nitrogens with zero attached hydrogens (tertiary/aromatic N) is 6. The first-order valence-electron chi connectivity index (χ1n) is 11.7. The molecule has 5 rings (SSSR count). The van der Waals surface area contributed by atoms with E-state index in [0.29, 0.717) is 53.7 Å². The monoisotopic (exact) mass is 504 g/mol. The lowest BCUT2D eigenvalue weighted by Crippen LogP contribution is -2.45. The molecule has 1 fully saturated rings. The summed E-state index contributed by atoms with van der Waals surface area (Å²) in [5.74, 6) is -0.492. The van der Waals surface area contributed by atoms with Crippen LogP contribution in [-0.4, -0.2) is 70.5 Å². The summed E-state index contributed by atoms with van der Waals surface area (Å²) in [6, 6.07) is 3.16. The van der Waals surface area contributed by atoms with Gasteiger partial charge in [0.2, 0.25) is 11.9 Å². The van der Waals surface area contributed by atoms with Gasteiger partial charge in [0, 0.05) is 50.2 Å². The molecule has 1 aliphatic heterocycles. The van der Waals surface area contributed by atoms with Crippen LogP contribution in [0.4, 0.5) is 5.95 Å². The molecule has 190 valence electrons. The zero-order valence-corrected chi connectivity index (χ0v) is 20.1. The van der Waals surface area contributed by atoms with Crippen molar-refractivity contribution in [2.24, 2.45) is 0 Å². The lowest BCUT2D eigenvalue weighted by Gasteiger charge is -2.34. The molecule has 13 nitrogen and oxygen atoms in total. The first kappa shape index (κ1) is 24.2. The highest BCUT2D eigenvalue weighted by Crippen LogP contribution is 2.28. The normalized spacial score (nSPS) is 15.2. The average molecular weight is 505 g/mol. The highest BCUT2D eigenvalue weighted by molar-refractivity contribution is 6.01. The Morgan fingerprint density at radius 2 is 1.81 bits per heavy atom. The first-order chi connectivity index (χ1) is 17.7. The van der Waals surface area contributed by atoms with Crippen molar-refractivity contribution < 1.29 is 14.7 Å². The summed E-state index contributed by atoms with van der Waals surface area (Å²) in [7, 11) is 0. The van der Waals surface area contributed by atoms with Gasteiger partial charge in [-0.25, -0.2) is 19.7 Å². The molecule has 37 heavy (non-hydrogen) atoms. The third kappa shape index (κ3) is 4.56. The van der Waals surface area contributed by atoms with E-state index in [1.54, 1.807) is 17.0 Å². The Morgan fingerprint density at radius 1 is 1.11 bits per heavy atom. The van der Waals surface area contributed by atoms with Gasteiger partial charge in [-0.2, -0.15) is 0 Å². The lowest BCUT2D eigenvalue weighted by molar-refractivity contribution is -0.140. The second kappa shape index (κ2) is 9.50. The summed E-state index contributed by atoms with van der Waals surface area (Å²) in [5.41, 5.74) is 1.14. The molecule has 0 saturated carbocycles. The molecule has 1 unspecified atom stereocenters. The molecule has 4 aromatic rings. The number of aliphatic hydroxyl groups is 1. The van der Waals surface area contributed by atoms with Crippen LogP contribution in [-0.2, 0) is 9.59 Å². The highest BCUT2D eigenvalue weighted by Gasteiger charge is 2.28. The molecular weight excluding hydrogens is 480 g/mol. The summed E-state index contributed by atoms with van der Waals surface area (Å²) in [6.45, 7) is 3.51. The van der Waals surface area contributed by atoms with Crippen LogP contribution in [0, 0.1) is 0 Å². The molecule has 0 aromatic carbocycles. The van der Waals surface area contributed by atoms with Crippen LogP contribution in [0.2, 0.25) is 0 Å². The number of hydrogen-bond donors (Lipinski definition) is 3. The van der Waals surface area contributed by atoms with Gasteiger partial charge in [0.1, 0.15) is 11.6 Å². The summed E-state index contributed by atoms with van der Waals surface area (Å²) < 4.78 is 1.53. The van der Waals surface area contributed by atoms with Crippen molar-refractivity contribution in [3.8, 4) is 11.3 Å². The lowest BCUT2D eigenvalue weighted by atomic mass is 10.0. The van der Waals surface area contributed by atoms with Gasteiger partial charge in [-0.3, -0.25) is 34.2 Å². The standard InChI is InChI=1S/C24H24N8O5/c1-12(33)22(36)31-7-5-15(6-8-31)32-20-16(21(35)30-24(32)37)11-25-18-4-3-17(29-19(18)20)14-9-26-23(27-10-14)28-13(2)34/h3-4,9-12,15,33H,5-8H2,1-2H3,(H,30,35,37)(H,26,27,28,34). The SMILES string of the molecule is CC(=O)Nc1ncc(-c2ccc3ncc4c(=O)[nH]c(=O)n(C5CCN(C(=O)C(C)O)CC5)c4c3n2)cn1. The van der Waals surface area contributed by atoms with Crippen LogP contribution >= 0.6 is 0 Å². The van der Waals surface area contributed by atoms with Crippen LogP contribution in [0.5, 0.6) is 0 Å². The number of aromatic nitrogens is 6. The summed E-state index contributed by atoms with van der Waals surface area (Å²) in [4.78, 5) is 70.5. The number of carbonyl (C=O) groups is 2. The van der Waals surface area contributed by atoms with Gasteiger partial charge >= 0.3 is 5.69 Å². The summed E-state index contributed by atoms with van der Waals surface area (Å²) in [6.07, 6.45) is 4.27. The van der Waals surface area contributed by atoms with Crippen molar-refractivity contribution in [1.29, 1.82) is 0 Å². The van der Waals surface area contributed by atoms with Gasteiger partial charge in [-0.1, -0.05) is 0 Å². The smallest absolute Gasteiger partial charge is 0.329 e. The Kier molecular flexibility index (Phi) is 6.21. The quantitative estimate of drug-likeness (QED) is 0.336. The molecule has 1 aliphatic rings. The molecule has 1 saturated heterocycles. The fraction of sp³-hybridized carbons (Fsp3) is 0.333. The molecule has 3 N–H and O–H groups in total. The number of H-pyrrole nitrogens is 1. The van der Waals surface area contributed by atoms with E-state index < -0.39 is 17.4 Å². The topological polar surface area (TPSA) is 176 Å². The maximum Gasteiger partial charge on any atom is 0.329 e. The molecule has 5 heterocycles. The molecule has 0 radical (unpaired) electrons. The predicted molar refractivity (Wildman–Crippen MR) is 134 cm³/mol. The van der Waals surface area contributed by atoms with E-state index >= 15 is 0 Å². The molecular formula is C24H24N8O5. The van der Waals surface area contributed by atoms with E-state index in [2.05, 4.69) is 25.3 Å². The molecule has 0 bridgehead atoms. The molecule has 4 aromatic heterocycles. The zero-order chi connectivity index (χ0) is 26.3. The third-order valence-electron chi connectivity index (χ3n) is 6.35. The fourth-order valence-electron chi connectivity index (χ4n) is 4.59. The van der Waals surface area contributed by atoms with E-state index in [4.69, 9.17) is 4.98 Å². The van der Waals surface area contributed by atoms with Gasteiger partial charge in [0.15, 0.2) is 0 Å². The molecule has 1 atom stereocenters. The van der Waals surface area contributed by atoms with E-state index in [1.165, 1.54) is 37.0 Å². The minimum Gasteiger partial charge on any atom is -0.384 e. The fourth-order valence-corrected chi connectivity index (χ4v) is 4.59. The highest BCUT2D eigenvalue weighted by atomic mass is 16.3. The van der Waals surface area contributed by atoms with Gasteiger partial charge in [-0.05, 0) is 31.9 Å². The minimum atomic E-state index is -1.10. The second-order valence-electron chi connectivity index (χ2n) is 8.92. The molecule has 0 spiro atoms. The summed E-state index contributed by atoms with van der Waals surface area (Å²) >= 11 is 0. The Balaban J connectivity index is 1.61. The zero-order valence-electron chi connectivity index (χ0n) is 20.1. The minimum absolute atomic E-state index is 0.157. The maximum absolute atomic E-state index is 13.1. The Bertz CT molecular complexity index is 1640. The maximum atomic E-state index is 13.1. The first-order valence-corrected chi connectivity index (χ1v) is 11.7. The van der Waals surface area contributed by atoms with E-state index in [-0.39, 0.29) is 29.2 Å². The van der Waals surface area contributed by atoms with E-state index in [1.807, 2.05) is 0 Å². The number of hydrogen-bond acceptors (Lipinski definition) is 9. The van der Waals surface area contributed by atoms with Gasteiger partial charge in [0.05, 0.1) is 22.1 Å². The van der Waals surface area contributed by atoms with Crippen LogP contribution in [0.1, 0.15) is 32.7 Å². The third-order valence-corrected chi connectivity index (χ3v) is 6.35. The van der Waals surface area contributed by atoms with Gasteiger partial charge in [-0.15, -0.1) is 0 Å². The van der Waals surface area contributed by atoms with Crippen LogP contribution in [0.25, 0.3) is 33.2 Å². The number of rotatable bonds is 4. The van der Waals surface area contributed by atoms with Gasteiger partial charge in [0.25, 0.3) is 11.5 Å². The second-order valence-corrected chi connectivity index (χ2v) is 8.92. The number of pyridine rings is 2. The molecule has 2 amide bonds. The number of carbonyl (C=O) groups excluding carboxylic acids is 2. The van der Waals surface area contributed by atoms with E-state index in [0.717, 1.165) is 0 Å². The Labute approximate surface area is 209 Å². The molecule has 0 aliphatic carbocycles. The largest absolute Gasteiger partial charge is 0.384 e. The number of aliphatic hydroxyl groups excluding tert-OH is 1. The summed E-state index contributed by atoms with van der Waals surface area (Å²) in [5, 5.41) is 12.4. The number of nitrogens with one attached hydrogen (secondary N) is 2. The molecule has 13 heteroatoms. The number of likely N-dealkylation sites (tertiary alicyclic amines) is 1.